The van der Waals surface area contributed by atoms with Gasteiger partial charge in [0.15, 0.2) is 0 Å². The highest BCUT2D eigenvalue weighted by atomic mass is 16.5. The molecule has 3 aliphatic rings. The van der Waals surface area contributed by atoms with E-state index in [1.165, 1.54) is 45.2 Å². The van der Waals surface area contributed by atoms with E-state index in [0.717, 1.165) is 31.5 Å². The van der Waals surface area contributed by atoms with Gasteiger partial charge >= 0.3 is 0 Å². The topological polar surface area (TPSA) is 38.5 Å². The third-order valence-electron chi connectivity index (χ3n) is 5.17. The van der Waals surface area contributed by atoms with Crippen molar-refractivity contribution in [2.45, 2.75) is 50.6 Å². The van der Waals surface area contributed by atoms with Crippen molar-refractivity contribution in [3.05, 3.63) is 0 Å². The average molecular weight is 238 g/mol. The van der Waals surface area contributed by atoms with Crippen molar-refractivity contribution >= 4 is 0 Å². The van der Waals surface area contributed by atoms with E-state index in [4.69, 9.17) is 10.5 Å². The van der Waals surface area contributed by atoms with Gasteiger partial charge in [0.2, 0.25) is 0 Å². The van der Waals surface area contributed by atoms with E-state index >= 15 is 0 Å². The summed E-state index contributed by atoms with van der Waals surface area (Å²) in [4.78, 5) is 2.64. The van der Waals surface area contributed by atoms with Crippen LogP contribution < -0.4 is 5.73 Å². The molecule has 17 heavy (non-hydrogen) atoms. The summed E-state index contributed by atoms with van der Waals surface area (Å²) in [6.45, 7) is 4.26. The Kier molecular flexibility index (Phi) is 3.69. The van der Waals surface area contributed by atoms with Crippen molar-refractivity contribution in [2.24, 2.45) is 17.6 Å². The van der Waals surface area contributed by atoms with Crippen LogP contribution in [0.15, 0.2) is 0 Å². The molecule has 0 spiro atoms. The molecule has 4 atom stereocenters. The predicted octanol–water partition coefficient (Wildman–Crippen LogP) is 1.61. The molecule has 3 heteroatoms. The zero-order valence-corrected chi connectivity index (χ0v) is 10.8. The quantitative estimate of drug-likeness (QED) is 0.754. The van der Waals surface area contributed by atoms with Gasteiger partial charge in [-0.15, -0.1) is 0 Å². The van der Waals surface area contributed by atoms with Crippen LogP contribution in [0.1, 0.15) is 38.5 Å². The van der Waals surface area contributed by atoms with Gasteiger partial charge in [0, 0.05) is 25.2 Å². The van der Waals surface area contributed by atoms with Gasteiger partial charge in [-0.25, -0.2) is 0 Å². The second kappa shape index (κ2) is 5.25. The van der Waals surface area contributed by atoms with Gasteiger partial charge in [-0.05, 0) is 37.6 Å². The molecular weight excluding hydrogens is 212 g/mol. The number of hydrogen-bond acceptors (Lipinski definition) is 3. The summed E-state index contributed by atoms with van der Waals surface area (Å²) < 4.78 is 5.62. The highest BCUT2D eigenvalue weighted by Gasteiger charge is 2.36. The Labute approximate surface area is 105 Å². The van der Waals surface area contributed by atoms with Crippen molar-refractivity contribution in [3.8, 4) is 0 Å². The minimum absolute atomic E-state index is 0.337. The van der Waals surface area contributed by atoms with E-state index in [1.807, 2.05) is 0 Å². The Morgan fingerprint density at radius 1 is 1.00 bits per heavy atom. The monoisotopic (exact) mass is 238 g/mol. The molecule has 0 bridgehead atoms. The molecule has 0 aromatic heterocycles. The molecule has 4 unspecified atom stereocenters. The summed E-state index contributed by atoms with van der Waals surface area (Å²) >= 11 is 0. The maximum atomic E-state index is 6.26. The first kappa shape index (κ1) is 11.9. The Bertz CT molecular complexity index is 259. The summed E-state index contributed by atoms with van der Waals surface area (Å²) in [5.74, 6) is 1.97. The number of hydrogen-bond donors (Lipinski definition) is 1. The second-order valence-electron chi connectivity index (χ2n) is 6.18. The Morgan fingerprint density at radius 2 is 1.82 bits per heavy atom. The van der Waals surface area contributed by atoms with Crippen LogP contribution in [0.2, 0.25) is 0 Å². The minimum atomic E-state index is 0.337. The number of rotatable bonds is 1. The Morgan fingerprint density at radius 3 is 2.65 bits per heavy atom. The Hall–Kier alpha value is -0.120. The average Bonchev–Trinajstić information content (AvgIpc) is 2.39. The summed E-state index contributed by atoms with van der Waals surface area (Å²) in [5.41, 5.74) is 6.26. The van der Waals surface area contributed by atoms with Crippen LogP contribution in [0.25, 0.3) is 0 Å². The largest absolute Gasteiger partial charge is 0.380 e. The first-order chi connectivity index (χ1) is 8.34. The van der Waals surface area contributed by atoms with Gasteiger partial charge in [0.25, 0.3) is 0 Å². The van der Waals surface area contributed by atoms with E-state index in [-0.39, 0.29) is 0 Å². The first-order valence-electron chi connectivity index (χ1n) is 7.42. The molecule has 2 heterocycles. The standard InChI is InChI=1S/C14H26N2O/c15-13-6-8-17-10-14(13)16-7-5-11-3-1-2-4-12(11)9-16/h11-14H,1-10,15H2. The number of nitrogens with two attached hydrogens (primary N) is 1. The lowest BCUT2D eigenvalue weighted by molar-refractivity contribution is -0.0255. The lowest BCUT2D eigenvalue weighted by atomic mass is 9.74. The number of ether oxygens (including phenoxy) is 1. The molecule has 2 aliphatic heterocycles. The van der Waals surface area contributed by atoms with E-state index in [2.05, 4.69) is 4.90 Å². The molecule has 3 rings (SSSR count). The van der Waals surface area contributed by atoms with E-state index < -0.39 is 0 Å². The highest BCUT2D eigenvalue weighted by Crippen LogP contribution is 2.37. The fraction of sp³-hybridized carbons (Fsp3) is 1.00. The number of piperidine rings is 1. The van der Waals surface area contributed by atoms with Crippen LogP contribution in [0.5, 0.6) is 0 Å². The lowest BCUT2D eigenvalue weighted by Gasteiger charge is -2.46. The molecule has 2 saturated heterocycles. The summed E-state index contributed by atoms with van der Waals surface area (Å²) in [6.07, 6.45) is 8.27. The number of nitrogens with zero attached hydrogens (tertiary/aromatic N) is 1. The molecule has 0 amide bonds. The zero-order chi connectivity index (χ0) is 11.7. The second-order valence-corrected chi connectivity index (χ2v) is 6.18. The molecule has 2 N–H and O–H groups in total. The third-order valence-corrected chi connectivity index (χ3v) is 5.17. The molecule has 0 aromatic rings. The van der Waals surface area contributed by atoms with Gasteiger partial charge in [-0.3, -0.25) is 4.90 Å². The SMILES string of the molecule is NC1CCOCC1N1CCC2CCCCC2C1. The predicted molar refractivity (Wildman–Crippen MR) is 68.8 cm³/mol. The number of fused-ring (bicyclic) bond motifs is 1. The van der Waals surface area contributed by atoms with Crippen LogP contribution in [0.4, 0.5) is 0 Å². The normalized spacial score (nSPS) is 44.3. The molecular formula is C14H26N2O. The van der Waals surface area contributed by atoms with Crippen molar-refractivity contribution in [1.29, 1.82) is 0 Å². The van der Waals surface area contributed by atoms with Crippen molar-refractivity contribution < 1.29 is 4.74 Å². The van der Waals surface area contributed by atoms with Crippen molar-refractivity contribution in [1.82, 2.24) is 4.90 Å². The summed E-state index contributed by atoms with van der Waals surface area (Å²) in [6, 6.07) is 0.829. The van der Waals surface area contributed by atoms with E-state index in [9.17, 15) is 0 Å². The van der Waals surface area contributed by atoms with Gasteiger partial charge in [-0.2, -0.15) is 0 Å². The van der Waals surface area contributed by atoms with Gasteiger partial charge < -0.3 is 10.5 Å². The fourth-order valence-electron chi connectivity index (χ4n) is 4.05. The molecule has 1 aliphatic carbocycles. The maximum Gasteiger partial charge on any atom is 0.0636 e. The van der Waals surface area contributed by atoms with Crippen molar-refractivity contribution in [3.63, 3.8) is 0 Å². The molecule has 1 saturated carbocycles. The van der Waals surface area contributed by atoms with Crippen LogP contribution in [-0.2, 0) is 4.74 Å². The molecule has 3 nitrogen and oxygen atoms in total. The summed E-state index contributed by atoms with van der Waals surface area (Å²) in [7, 11) is 0. The van der Waals surface area contributed by atoms with Crippen LogP contribution in [-0.4, -0.2) is 43.3 Å². The fourth-order valence-corrected chi connectivity index (χ4v) is 4.05. The van der Waals surface area contributed by atoms with Gasteiger partial charge in [0.05, 0.1) is 6.61 Å². The molecule has 0 aromatic carbocycles. The first-order valence-corrected chi connectivity index (χ1v) is 7.42. The third kappa shape index (κ3) is 2.51. The van der Waals surface area contributed by atoms with Gasteiger partial charge in [0.1, 0.15) is 0 Å². The van der Waals surface area contributed by atoms with E-state index in [1.54, 1.807) is 0 Å². The Balaban J connectivity index is 1.60. The van der Waals surface area contributed by atoms with Gasteiger partial charge in [-0.1, -0.05) is 19.3 Å². The van der Waals surface area contributed by atoms with Crippen molar-refractivity contribution in [2.75, 3.05) is 26.3 Å². The minimum Gasteiger partial charge on any atom is -0.380 e. The highest BCUT2D eigenvalue weighted by molar-refractivity contribution is 4.91. The van der Waals surface area contributed by atoms with Crippen LogP contribution in [0.3, 0.4) is 0 Å². The molecule has 98 valence electrons. The van der Waals surface area contributed by atoms with Crippen LogP contribution in [0, 0.1) is 11.8 Å². The lowest BCUT2D eigenvalue weighted by Crippen LogP contribution is -2.57. The number of likely N-dealkylation sites (tertiary alicyclic amines) is 1. The maximum absolute atomic E-state index is 6.26. The molecule has 3 fully saturated rings. The smallest absolute Gasteiger partial charge is 0.0636 e. The van der Waals surface area contributed by atoms with Crippen LogP contribution >= 0.6 is 0 Å². The van der Waals surface area contributed by atoms with E-state index in [0.29, 0.717) is 12.1 Å². The molecule has 0 radical (unpaired) electrons. The summed E-state index contributed by atoms with van der Waals surface area (Å²) in [5, 5.41) is 0. The zero-order valence-electron chi connectivity index (χ0n) is 10.8.